The average Bonchev–Trinajstić information content (AvgIpc) is 2.06. The van der Waals surface area contributed by atoms with Crippen molar-refractivity contribution in [1.82, 2.24) is 4.98 Å². The van der Waals surface area contributed by atoms with Crippen molar-refractivity contribution < 1.29 is 4.74 Å². The minimum absolute atomic E-state index is 0.366. The third-order valence-electron chi connectivity index (χ3n) is 2.44. The summed E-state index contributed by atoms with van der Waals surface area (Å²) in [5.41, 5.74) is 1.17. The Kier molecular flexibility index (Phi) is 2.74. The molecule has 0 amide bonds. The van der Waals surface area contributed by atoms with E-state index in [4.69, 9.17) is 4.74 Å². The van der Waals surface area contributed by atoms with Gasteiger partial charge in [0.15, 0.2) is 0 Å². The molecule has 0 saturated carbocycles. The van der Waals surface area contributed by atoms with Gasteiger partial charge in [-0.1, -0.05) is 0 Å². The second-order valence-electron chi connectivity index (χ2n) is 3.58. The molecular formula is C10H13BrN2O. The van der Waals surface area contributed by atoms with Crippen molar-refractivity contribution in [2.24, 2.45) is 0 Å². The number of aryl methyl sites for hydroxylation is 1. The molecule has 0 atom stereocenters. The topological polar surface area (TPSA) is 25.4 Å². The monoisotopic (exact) mass is 256 g/mol. The van der Waals surface area contributed by atoms with Crippen LogP contribution in [0.3, 0.4) is 0 Å². The second kappa shape index (κ2) is 3.87. The molecule has 3 nitrogen and oxygen atoms in total. The minimum atomic E-state index is 0.366. The molecule has 4 heteroatoms. The number of aromatic nitrogens is 1. The van der Waals surface area contributed by atoms with Crippen LogP contribution in [-0.4, -0.2) is 31.3 Å². The highest BCUT2D eigenvalue weighted by Crippen LogP contribution is 2.28. The van der Waals surface area contributed by atoms with Gasteiger partial charge < -0.3 is 9.64 Å². The molecular weight excluding hydrogens is 244 g/mol. The van der Waals surface area contributed by atoms with Crippen LogP contribution in [-0.2, 0) is 4.74 Å². The number of rotatable bonds is 2. The van der Waals surface area contributed by atoms with Crippen molar-refractivity contribution >= 4 is 21.7 Å². The summed E-state index contributed by atoms with van der Waals surface area (Å²) in [4.78, 5) is 6.60. The van der Waals surface area contributed by atoms with Gasteiger partial charge in [-0.05, 0) is 34.5 Å². The first kappa shape index (κ1) is 9.93. The molecule has 0 radical (unpaired) electrons. The summed E-state index contributed by atoms with van der Waals surface area (Å²) >= 11 is 3.52. The van der Waals surface area contributed by atoms with E-state index >= 15 is 0 Å². The van der Waals surface area contributed by atoms with Crippen molar-refractivity contribution in [2.45, 2.75) is 13.0 Å². The molecule has 1 aromatic rings. The number of hydrogen-bond donors (Lipinski definition) is 0. The molecule has 14 heavy (non-hydrogen) atoms. The van der Waals surface area contributed by atoms with Crippen molar-refractivity contribution in [1.29, 1.82) is 0 Å². The van der Waals surface area contributed by atoms with E-state index in [1.165, 1.54) is 5.56 Å². The summed E-state index contributed by atoms with van der Waals surface area (Å²) in [7, 11) is 1.75. The Hall–Kier alpha value is -0.610. The van der Waals surface area contributed by atoms with Gasteiger partial charge in [-0.15, -0.1) is 0 Å². The average molecular weight is 257 g/mol. The number of anilines is 1. The van der Waals surface area contributed by atoms with Gasteiger partial charge in [0.2, 0.25) is 0 Å². The lowest BCUT2D eigenvalue weighted by atomic mass is 10.1. The van der Waals surface area contributed by atoms with Crippen LogP contribution in [0.4, 0.5) is 5.82 Å². The molecule has 0 unspecified atom stereocenters. The van der Waals surface area contributed by atoms with Gasteiger partial charge in [-0.25, -0.2) is 4.98 Å². The van der Waals surface area contributed by atoms with E-state index in [2.05, 4.69) is 31.9 Å². The zero-order valence-electron chi connectivity index (χ0n) is 8.33. The zero-order valence-corrected chi connectivity index (χ0v) is 9.91. The highest BCUT2D eigenvalue weighted by Gasteiger charge is 2.28. The van der Waals surface area contributed by atoms with Gasteiger partial charge in [0, 0.05) is 26.4 Å². The van der Waals surface area contributed by atoms with Gasteiger partial charge in [0.1, 0.15) is 5.82 Å². The Balaban J connectivity index is 2.11. The van der Waals surface area contributed by atoms with E-state index < -0.39 is 0 Å². The van der Waals surface area contributed by atoms with E-state index in [0.717, 1.165) is 23.4 Å². The smallest absolute Gasteiger partial charge is 0.143 e. The highest BCUT2D eigenvalue weighted by atomic mass is 79.9. The molecule has 1 fully saturated rings. The largest absolute Gasteiger partial charge is 0.378 e. The molecule has 1 aliphatic rings. The van der Waals surface area contributed by atoms with Crippen molar-refractivity contribution in [3.8, 4) is 0 Å². The molecule has 0 bridgehead atoms. The lowest BCUT2D eigenvalue weighted by molar-refractivity contribution is 0.0782. The van der Waals surface area contributed by atoms with E-state index in [9.17, 15) is 0 Å². The van der Waals surface area contributed by atoms with E-state index in [-0.39, 0.29) is 0 Å². The van der Waals surface area contributed by atoms with Crippen LogP contribution in [0.1, 0.15) is 5.56 Å². The van der Waals surface area contributed by atoms with Gasteiger partial charge in [0.25, 0.3) is 0 Å². The number of halogens is 1. The van der Waals surface area contributed by atoms with Crippen molar-refractivity contribution in [2.75, 3.05) is 25.1 Å². The number of ether oxygens (including phenoxy) is 1. The van der Waals surface area contributed by atoms with Gasteiger partial charge in [0.05, 0.1) is 10.6 Å². The van der Waals surface area contributed by atoms with Crippen molar-refractivity contribution in [3.63, 3.8) is 0 Å². The summed E-state index contributed by atoms with van der Waals surface area (Å²) in [6, 6.07) is 2.09. The normalized spacial score (nSPS) is 16.9. The van der Waals surface area contributed by atoms with Crippen LogP contribution in [0.15, 0.2) is 16.7 Å². The first-order valence-corrected chi connectivity index (χ1v) is 5.40. The van der Waals surface area contributed by atoms with Gasteiger partial charge >= 0.3 is 0 Å². The third kappa shape index (κ3) is 1.77. The number of methoxy groups -OCH3 is 1. The first-order chi connectivity index (χ1) is 6.70. The van der Waals surface area contributed by atoms with Gasteiger partial charge in [-0.3, -0.25) is 0 Å². The highest BCUT2D eigenvalue weighted by molar-refractivity contribution is 9.10. The number of hydrogen-bond acceptors (Lipinski definition) is 3. The maximum Gasteiger partial charge on any atom is 0.143 e. The fraction of sp³-hybridized carbons (Fsp3) is 0.500. The fourth-order valence-electron chi connectivity index (χ4n) is 1.52. The van der Waals surface area contributed by atoms with E-state index in [1.807, 2.05) is 13.1 Å². The van der Waals surface area contributed by atoms with Crippen LogP contribution in [0.25, 0.3) is 0 Å². The molecule has 0 aliphatic carbocycles. The summed E-state index contributed by atoms with van der Waals surface area (Å²) in [6.45, 7) is 3.91. The van der Waals surface area contributed by atoms with Crippen LogP contribution in [0.5, 0.6) is 0 Å². The fourth-order valence-corrected chi connectivity index (χ4v) is 2.23. The Morgan fingerprint density at radius 1 is 1.57 bits per heavy atom. The van der Waals surface area contributed by atoms with E-state index in [0.29, 0.717) is 6.10 Å². The van der Waals surface area contributed by atoms with Crippen LogP contribution in [0.2, 0.25) is 0 Å². The van der Waals surface area contributed by atoms with Crippen LogP contribution < -0.4 is 4.90 Å². The Morgan fingerprint density at radius 3 is 2.86 bits per heavy atom. The molecule has 76 valence electrons. The molecule has 1 aliphatic heterocycles. The molecule has 0 spiro atoms. The third-order valence-corrected chi connectivity index (χ3v) is 3.02. The lowest BCUT2D eigenvalue weighted by Gasteiger charge is -2.39. The molecule has 0 N–H and O–H groups in total. The quantitative estimate of drug-likeness (QED) is 0.810. The van der Waals surface area contributed by atoms with E-state index in [1.54, 1.807) is 7.11 Å². The predicted molar refractivity (Wildman–Crippen MR) is 59.7 cm³/mol. The van der Waals surface area contributed by atoms with Crippen molar-refractivity contribution in [3.05, 3.63) is 22.3 Å². The van der Waals surface area contributed by atoms with Gasteiger partial charge in [-0.2, -0.15) is 0 Å². The summed E-state index contributed by atoms with van der Waals surface area (Å²) in [6.07, 6.45) is 2.25. The molecule has 1 saturated heterocycles. The van der Waals surface area contributed by atoms with Crippen LogP contribution >= 0.6 is 15.9 Å². The molecule has 2 heterocycles. The van der Waals surface area contributed by atoms with Crippen LogP contribution in [0, 0.1) is 6.92 Å². The SMILES string of the molecule is COC1CN(c2ncc(C)cc2Br)C1. The molecule has 0 aromatic carbocycles. The first-order valence-electron chi connectivity index (χ1n) is 4.60. The second-order valence-corrected chi connectivity index (χ2v) is 4.44. The Bertz CT molecular complexity index is 337. The molecule has 1 aromatic heterocycles. The lowest BCUT2D eigenvalue weighted by Crippen LogP contribution is -2.52. The summed E-state index contributed by atoms with van der Waals surface area (Å²) in [5.74, 6) is 1.02. The standard InChI is InChI=1S/C10H13BrN2O/c1-7-3-9(11)10(12-4-7)13-5-8(6-13)14-2/h3-4,8H,5-6H2,1-2H3. The summed E-state index contributed by atoms with van der Waals surface area (Å²) in [5, 5.41) is 0. The zero-order chi connectivity index (χ0) is 10.1. The Morgan fingerprint density at radius 2 is 2.29 bits per heavy atom. The number of pyridine rings is 1. The predicted octanol–water partition coefficient (Wildman–Crippen LogP) is 1.99. The maximum absolute atomic E-state index is 5.22. The Labute approximate surface area is 92.2 Å². The minimum Gasteiger partial charge on any atom is -0.378 e. The number of nitrogens with zero attached hydrogens (tertiary/aromatic N) is 2. The molecule has 2 rings (SSSR count). The maximum atomic E-state index is 5.22. The summed E-state index contributed by atoms with van der Waals surface area (Å²) < 4.78 is 6.28.